The molecule has 1 aliphatic heterocycles. The summed E-state index contributed by atoms with van der Waals surface area (Å²) in [4.78, 5) is 16.1. The van der Waals surface area contributed by atoms with Crippen molar-refractivity contribution in [2.45, 2.75) is 62.5 Å². The van der Waals surface area contributed by atoms with Crippen LogP contribution in [0.3, 0.4) is 0 Å². The van der Waals surface area contributed by atoms with Crippen molar-refractivity contribution < 1.29 is 32.2 Å². The highest BCUT2D eigenvalue weighted by atomic mass is 32.2. The molecule has 0 bridgehead atoms. The number of methoxy groups -OCH3 is 1. The fourth-order valence-corrected chi connectivity index (χ4v) is 6.93. The number of allylic oxidation sites excluding steroid dienone is 3. The second-order valence-electron chi connectivity index (χ2n) is 11.1. The summed E-state index contributed by atoms with van der Waals surface area (Å²) in [5.74, 6) is 0.450. The first-order valence-corrected chi connectivity index (χ1v) is 16.5. The number of rotatable bonds is 17. The molecule has 2 aromatic carbocycles. The molecule has 0 N–H and O–H groups in total. The fraction of sp³-hybridized carbons (Fsp3) is 0.500. The molecule has 1 heterocycles. The molecule has 0 radical (unpaired) electrons. The van der Waals surface area contributed by atoms with E-state index in [1.165, 1.54) is 19.2 Å². The van der Waals surface area contributed by atoms with Crippen molar-refractivity contribution in [2.24, 2.45) is 0 Å². The van der Waals surface area contributed by atoms with Gasteiger partial charge in [0, 0.05) is 26.1 Å². The molecular formula is C34H47NO7S. The van der Waals surface area contributed by atoms with E-state index in [1.807, 2.05) is 44.2 Å². The van der Waals surface area contributed by atoms with Crippen LogP contribution >= 0.6 is 0 Å². The van der Waals surface area contributed by atoms with Gasteiger partial charge in [-0.1, -0.05) is 29.4 Å². The van der Waals surface area contributed by atoms with Crippen molar-refractivity contribution in [3.63, 3.8) is 0 Å². The van der Waals surface area contributed by atoms with Crippen molar-refractivity contribution in [1.82, 2.24) is 4.90 Å². The molecule has 1 saturated heterocycles. The minimum atomic E-state index is -4.21. The Morgan fingerprint density at radius 2 is 1.67 bits per heavy atom. The van der Waals surface area contributed by atoms with E-state index < -0.39 is 20.6 Å². The predicted octanol–water partition coefficient (Wildman–Crippen LogP) is 5.81. The van der Waals surface area contributed by atoms with Crippen LogP contribution in [0.1, 0.15) is 52.0 Å². The normalized spacial score (nSPS) is 15.9. The van der Waals surface area contributed by atoms with Crippen molar-refractivity contribution in [3.05, 3.63) is 77.9 Å². The highest BCUT2D eigenvalue weighted by Gasteiger charge is 2.52. The molecule has 0 amide bonds. The van der Waals surface area contributed by atoms with Gasteiger partial charge in [-0.25, -0.2) is 8.42 Å². The van der Waals surface area contributed by atoms with Crippen molar-refractivity contribution in [2.75, 3.05) is 53.2 Å². The average molecular weight is 614 g/mol. The highest BCUT2D eigenvalue weighted by Crippen LogP contribution is 2.36. The Labute approximate surface area is 257 Å². The quantitative estimate of drug-likeness (QED) is 0.163. The Bertz CT molecular complexity index is 1310. The van der Waals surface area contributed by atoms with Gasteiger partial charge in [0.15, 0.2) is 14.6 Å². The van der Waals surface area contributed by atoms with Crippen LogP contribution in [-0.2, 0) is 30.5 Å². The van der Waals surface area contributed by atoms with Gasteiger partial charge in [0.2, 0.25) is 0 Å². The first-order valence-electron chi connectivity index (χ1n) is 15.0. The Hall–Kier alpha value is -3.14. The van der Waals surface area contributed by atoms with E-state index in [9.17, 15) is 13.2 Å². The number of hydrogen-bond acceptors (Lipinski definition) is 8. The summed E-state index contributed by atoms with van der Waals surface area (Å²) < 4.78 is 49.1. The Balaban J connectivity index is 1.92. The minimum Gasteiger partial charge on any atom is -0.497 e. The zero-order chi connectivity index (χ0) is 31.3. The Morgan fingerprint density at radius 3 is 2.28 bits per heavy atom. The molecule has 0 aromatic heterocycles. The molecule has 236 valence electrons. The standard InChI is InChI=1S/C34H47NO7S/c1-6-41-33(36)34(19-18-28(4)9-7-8-27(2)3,43(37,38)32-16-14-30(39-5)15-17-32)26-29-10-12-31(13-11-29)42-25-22-35-20-23-40-24-21-35/h10-18H,2,6-9,19-26H2,1,3-5H3. The molecule has 1 unspecified atom stereocenters. The lowest BCUT2D eigenvalue weighted by Gasteiger charge is -2.31. The van der Waals surface area contributed by atoms with E-state index in [0.717, 1.165) is 63.3 Å². The first-order chi connectivity index (χ1) is 20.6. The number of hydrogen-bond donors (Lipinski definition) is 0. The summed E-state index contributed by atoms with van der Waals surface area (Å²) in [6.45, 7) is 14.3. The molecule has 0 saturated carbocycles. The molecule has 0 spiro atoms. The molecule has 9 heteroatoms. The number of nitrogens with zero attached hydrogens (tertiary/aromatic N) is 1. The number of benzene rings is 2. The van der Waals surface area contributed by atoms with Crippen LogP contribution in [0.2, 0.25) is 0 Å². The number of ether oxygens (including phenoxy) is 4. The molecular weight excluding hydrogens is 566 g/mol. The predicted molar refractivity (Wildman–Crippen MR) is 169 cm³/mol. The number of sulfone groups is 1. The first kappa shape index (κ1) is 34.4. The lowest BCUT2D eigenvalue weighted by atomic mass is 9.93. The fourth-order valence-electron chi connectivity index (χ4n) is 5.05. The summed E-state index contributed by atoms with van der Waals surface area (Å²) in [6.07, 6.45) is 4.38. The molecule has 1 atom stereocenters. The van der Waals surface area contributed by atoms with Gasteiger partial charge in [0.05, 0.1) is 31.8 Å². The third kappa shape index (κ3) is 9.68. The molecule has 1 aliphatic rings. The molecule has 2 aromatic rings. The van der Waals surface area contributed by atoms with Crippen LogP contribution in [0.15, 0.2) is 77.2 Å². The zero-order valence-corrected chi connectivity index (χ0v) is 26.9. The third-order valence-electron chi connectivity index (χ3n) is 7.68. The summed E-state index contributed by atoms with van der Waals surface area (Å²) in [5.41, 5.74) is 2.81. The lowest BCUT2D eigenvalue weighted by molar-refractivity contribution is -0.146. The van der Waals surface area contributed by atoms with Gasteiger partial charge < -0.3 is 18.9 Å². The van der Waals surface area contributed by atoms with E-state index in [0.29, 0.717) is 23.7 Å². The van der Waals surface area contributed by atoms with Crippen molar-refractivity contribution in [3.8, 4) is 11.5 Å². The largest absolute Gasteiger partial charge is 0.497 e. The van der Waals surface area contributed by atoms with Gasteiger partial charge in [-0.2, -0.15) is 0 Å². The van der Waals surface area contributed by atoms with E-state index in [4.69, 9.17) is 18.9 Å². The van der Waals surface area contributed by atoms with E-state index >= 15 is 0 Å². The second kappa shape index (κ2) is 16.6. The second-order valence-corrected chi connectivity index (χ2v) is 13.3. The highest BCUT2D eigenvalue weighted by molar-refractivity contribution is 7.93. The summed E-state index contributed by atoms with van der Waals surface area (Å²) in [6, 6.07) is 13.4. The van der Waals surface area contributed by atoms with Crippen molar-refractivity contribution in [1.29, 1.82) is 0 Å². The number of morpholine rings is 1. The van der Waals surface area contributed by atoms with E-state index in [2.05, 4.69) is 11.5 Å². The van der Waals surface area contributed by atoms with Gasteiger partial charge in [-0.05, 0) is 88.4 Å². The molecule has 1 fully saturated rings. The van der Waals surface area contributed by atoms with Crippen LogP contribution in [0, 0.1) is 0 Å². The summed E-state index contributed by atoms with van der Waals surface area (Å²) >= 11 is 0. The molecule has 8 nitrogen and oxygen atoms in total. The van der Waals surface area contributed by atoms with Gasteiger partial charge in [-0.3, -0.25) is 9.69 Å². The van der Waals surface area contributed by atoms with Crippen molar-refractivity contribution >= 4 is 15.8 Å². The van der Waals surface area contributed by atoms with Gasteiger partial charge >= 0.3 is 5.97 Å². The van der Waals surface area contributed by atoms with Gasteiger partial charge in [-0.15, -0.1) is 6.58 Å². The van der Waals surface area contributed by atoms with Crippen LogP contribution in [0.4, 0.5) is 0 Å². The maximum absolute atomic E-state index is 14.4. The maximum Gasteiger partial charge on any atom is 0.328 e. The smallest absolute Gasteiger partial charge is 0.328 e. The zero-order valence-electron chi connectivity index (χ0n) is 26.1. The van der Waals surface area contributed by atoms with Crippen LogP contribution in [0.5, 0.6) is 11.5 Å². The van der Waals surface area contributed by atoms with Gasteiger partial charge in [0.1, 0.15) is 18.1 Å². The molecule has 43 heavy (non-hydrogen) atoms. The van der Waals surface area contributed by atoms with Crippen LogP contribution < -0.4 is 9.47 Å². The lowest BCUT2D eigenvalue weighted by Crippen LogP contribution is -2.49. The monoisotopic (exact) mass is 613 g/mol. The average Bonchev–Trinajstić information content (AvgIpc) is 3.00. The van der Waals surface area contributed by atoms with Crippen LogP contribution in [-0.4, -0.2) is 77.2 Å². The molecule has 3 rings (SSSR count). The number of carbonyl (C=O) groups excluding carboxylic acids is 1. The van der Waals surface area contributed by atoms with E-state index in [1.54, 1.807) is 19.1 Å². The summed E-state index contributed by atoms with van der Waals surface area (Å²) in [5, 5.41) is 0. The Morgan fingerprint density at radius 1 is 1.02 bits per heavy atom. The Kier molecular flexibility index (Phi) is 13.3. The van der Waals surface area contributed by atoms with Gasteiger partial charge in [0.25, 0.3) is 0 Å². The topological polar surface area (TPSA) is 91.4 Å². The minimum absolute atomic E-state index is 0.0170. The maximum atomic E-state index is 14.4. The van der Waals surface area contributed by atoms with E-state index in [-0.39, 0.29) is 24.3 Å². The molecule has 0 aliphatic carbocycles. The summed E-state index contributed by atoms with van der Waals surface area (Å²) in [7, 11) is -2.69. The number of esters is 1. The van der Waals surface area contributed by atoms with Crippen LogP contribution in [0.25, 0.3) is 0 Å². The SMILES string of the molecule is C=C(C)CCCC(C)=CCC(Cc1ccc(OCCN2CCOCC2)cc1)(C(=O)OCC)S(=O)(=O)c1ccc(OC)cc1. The number of carbonyl (C=O) groups is 1. The third-order valence-corrected chi connectivity index (χ3v) is 10.1.